The Morgan fingerprint density at radius 3 is 2.86 bits per heavy atom. The first-order valence-electron chi connectivity index (χ1n) is 7.26. The molecule has 8 heteroatoms. The molecule has 0 aliphatic carbocycles. The number of nitrogens with one attached hydrogen (secondary N) is 2. The van der Waals surface area contributed by atoms with Gasteiger partial charge in [0.05, 0.1) is 7.11 Å². The largest absolute Gasteiger partial charge is 0.465 e. The molecule has 0 saturated carbocycles. The van der Waals surface area contributed by atoms with Crippen molar-refractivity contribution in [3.63, 3.8) is 0 Å². The number of carbonyl (C=O) groups is 1. The van der Waals surface area contributed by atoms with Crippen LogP contribution in [0.5, 0.6) is 0 Å². The first-order chi connectivity index (χ1) is 10.4. The van der Waals surface area contributed by atoms with Crippen molar-refractivity contribution in [3.8, 4) is 0 Å². The van der Waals surface area contributed by atoms with Crippen molar-refractivity contribution in [2.24, 2.45) is 5.92 Å². The molecule has 1 aliphatic rings. The molecule has 0 amide bonds. The Balaban J connectivity index is 2.23. The molecule has 2 atom stereocenters. The predicted molar refractivity (Wildman–Crippen MR) is 85.8 cm³/mol. The molecule has 1 aliphatic heterocycles. The zero-order valence-corrected chi connectivity index (χ0v) is 14.6. The number of methoxy groups -OCH3 is 1. The van der Waals surface area contributed by atoms with E-state index in [4.69, 9.17) is 0 Å². The second-order valence-electron chi connectivity index (χ2n) is 5.58. The van der Waals surface area contributed by atoms with Crippen LogP contribution in [-0.2, 0) is 14.8 Å². The van der Waals surface area contributed by atoms with Crippen LogP contribution in [-0.4, -0.2) is 40.6 Å². The summed E-state index contributed by atoms with van der Waals surface area (Å²) in [5, 5.41) is 4.94. The SMILES string of the molecule is COC(=O)c1scc(C)c1S(=O)(=O)N[C@@H](C)[C@@H]1CCCNC1. The maximum atomic E-state index is 12.7. The van der Waals surface area contributed by atoms with Crippen molar-refractivity contribution in [1.82, 2.24) is 10.0 Å². The van der Waals surface area contributed by atoms with Crippen molar-refractivity contribution in [3.05, 3.63) is 15.8 Å². The summed E-state index contributed by atoms with van der Waals surface area (Å²) in [7, 11) is -2.50. The number of aryl methyl sites for hydroxylation is 1. The number of sulfonamides is 1. The zero-order valence-electron chi connectivity index (χ0n) is 13.0. The topological polar surface area (TPSA) is 84.5 Å². The third-order valence-corrected chi connectivity index (χ3v) is 6.89. The van der Waals surface area contributed by atoms with Crippen LogP contribution in [0.15, 0.2) is 10.3 Å². The van der Waals surface area contributed by atoms with Crippen molar-refractivity contribution in [2.75, 3.05) is 20.2 Å². The van der Waals surface area contributed by atoms with Gasteiger partial charge in [-0.25, -0.2) is 17.9 Å². The van der Waals surface area contributed by atoms with E-state index >= 15 is 0 Å². The van der Waals surface area contributed by atoms with Crippen molar-refractivity contribution in [1.29, 1.82) is 0 Å². The molecule has 0 unspecified atom stereocenters. The Kier molecular flexibility index (Phi) is 5.60. The summed E-state index contributed by atoms with van der Waals surface area (Å²) in [4.78, 5) is 11.9. The number of ether oxygens (including phenoxy) is 1. The van der Waals surface area contributed by atoms with Gasteiger partial charge in [-0.2, -0.15) is 0 Å². The number of rotatable bonds is 5. The number of piperidine rings is 1. The summed E-state index contributed by atoms with van der Waals surface area (Å²) >= 11 is 1.09. The minimum atomic E-state index is -3.75. The van der Waals surface area contributed by atoms with E-state index in [-0.39, 0.29) is 21.7 Å². The van der Waals surface area contributed by atoms with Crippen LogP contribution >= 0.6 is 11.3 Å². The Bertz CT molecular complexity index is 633. The summed E-state index contributed by atoms with van der Waals surface area (Å²) in [6.07, 6.45) is 2.03. The van der Waals surface area contributed by atoms with Crippen molar-refractivity contribution in [2.45, 2.75) is 37.6 Å². The molecular formula is C14H22N2O4S2. The average Bonchev–Trinajstić information content (AvgIpc) is 2.89. The lowest BCUT2D eigenvalue weighted by atomic mass is 9.94. The quantitative estimate of drug-likeness (QED) is 0.790. The molecule has 22 heavy (non-hydrogen) atoms. The highest BCUT2D eigenvalue weighted by molar-refractivity contribution is 7.89. The summed E-state index contributed by atoms with van der Waals surface area (Å²) in [6, 6.07) is -0.192. The molecule has 2 heterocycles. The van der Waals surface area contributed by atoms with E-state index in [0.717, 1.165) is 37.3 Å². The Labute approximate surface area is 135 Å². The van der Waals surface area contributed by atoms with Crippen LogP contribution < -0.4 is 10.0 Å². The zero-order chi connectivity index (χ0) is 16.3. The highest BCUT2D eigenvalue weighted by Crippen LogP contribution is 2.28. The normalized spacial score (nSPS) is 20.6. The molecule has 6 nitrogen and oxygen atoms in total. The number of thiophene rings is 1. The van der Waals surface area contributed by atoms with Gasteiger partial charge in [0.2, 0.25) is 10.0 Å². The Morgan fingerprint density at radius 2 is 2.27 bits per heavy atom. The predicted octanol–water partition coefficient (Wildman–Crippen LogP) is 1.51. The summed E-state index contributed by atoms with van der Waals surface area (Å²) in [6.45, 7) is 5.33. The number of hydrogen-bond donors (Lipinski definition) is 2. The highest BCUT2D eigenvalue weighted by atomic mass is 32.2. The highest BCUT2D eigenvalue weighted by Gasteiger charge is 2.31. The third kappa shape index (κ3) is 3.68. The van der Waals surface area contributed by atoms with E-state index in [0.29, 0.717) is 5.56 Å². The van der Waals surface area contributed by atoms with Crippen molar-refractivity contribution < 1.29 is 17.9 Å². The van der Waals surface area contributed by atoms with Crippen LogP contribution in [0.1, 0.15) is 35.0 Å². The van der Waals surface area contributed by atoms with Gasteiger partial charge < -0.3 is 10.1 Å². The van der Waals surface area contributed by atoms with Gasteiger partial charge in [-0.15, -0.1) is 11.3 Å². The van der Waals surface area contributed by atoms with Crippen LogP contribution in [0.4, 0.5) is 0 Å². The molecule has 1 aromatic heterocycles. The van der Waals surface area contributed by atoms with Gasteiger partial charge in [-0.05, 0) is 56.6 Å². The number of esters is 1. The molecule has 0 radical (unpaired) electrons. The lowest BCUT2D eigenvalue weighted by molar-refractivity contribution is 0.0602. The van der Waals surface area contributed by atoms with E-state index in [2.05, 4.69) is 14.8 Å². The number of carbonyl (C=O) groups excluding carboxylic acids is 1. The van der Waals surface area contributed by atoms with E-state index in [1.165, 1.54) is 7.11 Å². The minimum Gasteiger partial charge on any atom is -0.465 e. The van der Waals surface area contributed by atoms with Gasteiger partial charge in [-0.3, -0.25) is 0 Å². The summed E-state index contributed by atoms with van der Waals surface area (Å²) in [5.41, 5.74) is 0.562. The first kappa shape index (κ1) is 17.4. The van der Waals surface area contributed by atoms with Crippen molar-refractivity contribution >= 4 is 27.3 Å². The number of hydrogen-bond acceptors (Lipinski definition) is 6. The van der Waals surface area contributed by atoms with Gasteiger partial charge in [0.15, 0.2) is 0 Å². The summed E-state index contributed by atoms with van der Waals surface area (Å²) in [5.74, 6) is -0.366. The second kappa shape index (κ2) is 7.08. The molecule has 2 rings (SSSR count). The monoisotopic (exact) mass is 346 g/mol. The minimum absolute atomic E-state index is 0.0416. The van der Waals surface area contributed by atoms with E-state index in [1.807, 2.05) is 6.92 Å². The Hall–Kier alpha value is -0.960. The van der Waals surface area contributed by atoms with E-state index in [9.17, 15) is 13.2 Å². The molecule has 1 saturated heterocycles. The van der Waals surface area contributed by atoms with Gasteiger partial charge in [0.1, 0.15) is 9.77 Å². The Morgan fingerprint density at radius 1 is 1.55 bits per heavy atom. The van der Waals surface area contributed by atoms with Crippen LogP contribution in [0.3, 0.4) is 0 Å². The third-order valence-electron chi connectivity index (χ3n) is 3.94. The van der Waals surface area contributed by atoms with Crippen LogP contribution in [0.25, 0.3) is 0 Å². The average molecular weight is 346 g/mol. The van der Waals surface area contributed by atoms with Crippen LogP contribution in [0.2, 0.25) is 0 Å². The van der Waals surface area contributed by atoms with E-state index in [1.54, 1.807) is 12.3 Å². The van der Waals surface area contributed by atoms with E-state index < -0.39 is 16.0 Å². The lowest BCUT2D eigenvalue weighted by Crippen LogP contribution is -2.44. The van der Waals surface area contributed by atoms with Gasteiger partial charge in [-0.1, -0.05) is 0 Å². The summed E-state index contributed by atoms with van der Waals surface area (Å²) < 4.78 is 32.7. The molecule has 0 bridgehead atoms. The standard InChI is InChI=1S/C14H22N2O4S2/c1-9-8-21-12(14(17)20-3)13(9)22(18,19)16-10(2)11-5-4-6-15-7-11/h8,10-11,15-16H,4-7H2,1-3H3/t10-,11+/m0/s1. The second-order valence-corrected chi connectivity index (χ2v) is 8.12. The lowest BCUT2D eigenvalue weighted by Gasteiger charge is -2.28. The molecule has 2 N–H and O–H groups in total. The smallest absolute Gasteiger partial charge is 0.349 e. The maximum absolute atomic E-state index is 12.7. The van der Waals surface area contributed by atoms with Gasteiger partial charge in [0, 0.05) is 6.04 Å². The molecule has 1 fully saturated rings. The maximum Gasteiger partial charge on any atom is 0.349 e. The fraction of sp³-hybridized carbons (Fsp3) is 0.643. The molecule has 124 valence electrons. The van der Waals surface area contributed by atoms with Crippen LogP contribution in [0, 0.1) is 12.8 Å². The van der Waals surface area contributed by atoms with Gasteiger partial charge in [0.25, 0.3) is 0 Å². The fourth-order valence-corrected chi connectivity index (χ4v) is 5.72. The van der Waals surface area contributed by atoms with Gasteiger partial charge >= 0.3 is 5.97 Å². The molecule has 0 aromatic carbocycles. The molecular weight excluding hydrogens is 324 g/mol. The molecule has 0 spiro atoms. The fourth-order valence-electron chi connectivity index (χ4n) is 2.71. The first-order valence-corrected chi connectivity index (χ1v) is 9.62. The molecule has 1 aromatic rings.